The van der Waals surface area contributed by atoms with Gasteiger partial charge in [0.2, 0.25) is 0 Å². The molecule has 4 nitrogen and oxygen atoms in total. The van der Waals surface area contributed by atoms with E-state index in [1.807, 2.05) is 4.90 Å². The van der Waals surface area contributed by atoms with E-state index in [0.717, 1.165) is 12.8 Å². The van der Waals surface area contributed by atoms with Gasteiger partial charge in [-0.25, -0.2) is 9.18 Å². The first-order valence-corrected chi connectivity index (χ1v) is 6.97. The summed E-state index contributed by atoms with van der Waals surface area (Å²) < 4.78 is 20.0. The average molecular weight is 330 g/mol. The van der Waals surface area contributed by atoms with Crippen molar-refractivity contribution < 1.29 is 19.0 Å². The van der Waals surface area contributed by atoms with Crippen molar-refractivity contribution >= 4 is 27.6 Å². The number of nitrogens with zero attached hydrogens (tertiary/aromatic N) is 1. The van der Waals surface area contributed by atoms with Crippen LogP contribution in [-0.2, 0) is 4.74 Å². The molecule has 2 bridgehead atoms. The van der Waals surface area contributed by atoms with E-state index in [1.165, 1.54) is 12.1 Å². The predicted molar refractivity (Wildman–Crippen MR) is 71.2 cm³/mol. The SMILES string of the molecule is O=C(O)c1ccc(N2CC3CCC(C2)O3)c(F)c1Br. The van der Waals surface area contributed by atoms with Crippen molar-refractivity contribution in [3.63, 3.8) is 0 Å². The van der Waals surface area contributed by atoms with Gasteiger partial charge >= 0.3 is 5.97 Å². The number of anilines is 1. The second-order valence-electron chi connectivity index (χ2n) is 4.93. The van der Waals surface area contributed by atoms with Crippen LogP contribution in [0, 0.1) is 5.82 Å². The highest BCUT2D eigenvalue weighted by Gasteiger charge is 2.35. The van der Waals surface area contributed by atoms with Gasteiger partial charge in [0.1, 0.15) is 0 Å². The first kappa shape index (κ1) is 12.9. The van der Waals surface area contributed by atoms with Gasteiger partial charge in [0.05, 0.1) is 27.9 Å². The van der Waals surface area contributed by atoms with Gasteiger partial charge in [-0.05, 0) is 40.9 Å². The number of halogens is 2. The molecule has 2 atom stereocenters. The lowest BCUT2D eigenvalue weighted by Gasteiger charge is -2.34. The van der Waals surface area contributed by atoms with Crippen LogP contribution in [0.1, 0.15) is 23.2 Å². The number of ether oxygens (including phenoxy) is 1. The third-order valence-corrected chi connectivity index (χ3v) is 4.45. The van der Waals surface area contributed by atoms with Gasteiger partial charge in [-0.2, -0.15) is 0 Å². The van der Waals surface area contributed by atoms with Gasteiger partial charge in [0.15, 0.2) is 5.82 Å². The molecule has 102 valence electrons. The molecule has 2 aliphatic rings. The molecule has 0 saturated carbocycles. The van der Waals surface area contributed by atoms with E-state index in [1.54, 1.807) is 0 Å². The summed E-state index contributed by atoms with van der Waals surface area (Å²) in [7, 11) is 0. The van der Waals surface area contributed by atoms with E-state index >= 15 is 0 Å². The second-order valence-corrected chi connectivity index (χ2v) is 5.72. The number of hydrogen-bond acceptors (Lipinski definition) is 3. The molecule has 2 fully saturated rings. The molecule has 0 spiro atoms. The summed E-state index contributed by atoms with van der Waals surface area (Å²) >= 11 is 3.03. The second kappa shape index (κ2) is 4.76. The lowest BCUT2D eigenvalue weighted by Crippen LogP contribution is -2.43. The third-order valence-electron chi connectivity index (χ3n) is 3.68. The van der Waals surface area contributed by atoms with Gasteiger partial charge in [-0.15, -0.1) is 0 Å². The number of benzene rings is 1. The summed E-state index contributed by atoms with van der Waals surface area (Å²) in [4.78, 5) is 12.9. The van der Waals surface area contributed by atoms with Crippen LogP contribution in [0.5, 0.6) is 0 Å². The summed E-state index contributed by atoms with van der Waals surface area (Å²) in [5.41, 5.74) is 0.384. The fourth-order valence-electron chi connectivity index (χ4n) is 2.76. The lowest BCUT2D eigenvalue weighted by atomic mass is 10.1. The maximum atomic E-state index is 14.3. The van der Waals surface area contributed by atoms with Crippen LogP contribution in [-0.4, -0.2) is 36.4 Å². The molecule has 2 heterocycles. The molecule has 0 aliphatic carbocycles. The Kier molecular flexibility index (Phi) is 3.22. The van der Waals surface area contributed by atoms with Crippen LogP contribution >= 0.6 is 15.9 Å². The molecule has 0 amide bonds. The molecule has 3 rings (SSSR count). The molecule has 2 unspecified atom stereocenters. The Balaban J connectivity index is 1.93. The van der Waals surface area contributed by atoms with E-state index in [4.69, 9.17) is 9.84 Å². The topological polar surface area (TPSA) is 49.8 Å². The number of aromatic carboxylic acids is 1. The molecule has 2 saturated heterocycles. The number of morpholine rings is 1. The first-order valence-electron chi connectivity index (χ1n) is 6.18. The van der Waals surface area contributed by atoms with Crippen molar-refractivity contribution in [2.45, 2.75) is 25.0 Å². The highest BCUT2D eigenvalue weighted by molar-refractivity contribution is 9.10. The van der Waals surface area contributed by atoms with E-state index in [2.05, 4.69) is 15.9 Å². The molecular weight excluding hydrogens is 317 g/mol. The monoisotopic (exact) mass is 329 g/mol. The van der Waals surface area contributed by atoms with Crippen LogP contribution in [0.4, 0.5) is 10.1 Å². The maximum absolute atomic E-state index is 14.3. The third kappa shape index (κ3) is 2.23. The smallest absolute Gasteiger partial charge is 0.336 e. The average Bonchev–Trinajstić information content (AvgIpc) is 2.71. The quantitative estimate of drug-likeness (QED) is 0.906. The van der Waals surface area contributed by atoms with Crippen molar-refractivity contribution in [2.24, 2.45) is 0 Å². The Labute approximate surface area is 118 Å². The van der Waals surface area contributed by atoms with E-state index in [-0.39, 0.29) is 22.2 Å². The number of hydrogen-bond donors (Lipinski definition) is 1. The molecule has 1 N–H and O–H groups in total. The van der Waals surface area contributed by atoms with Gasteiger partial charge in [0, 0.05) is 13.1 Å². The number of rotatable bonds is 2. The molecule has 0 radical (unpaired) electrons. The van der Waals surface area contributed by atoms with Crippen LogP contribution in [0.15, 0.2) is 16.6 Å². The minimum Gasteiger partial charge on any atom is -0.478 e. The highest BCUT2D eigenvalue weighted by Crippen LogP contribution is 2.34. The minimum absolute atomic E-state index is 0.0105. The summed E-state index contributed by atoms with van der Waals surface area (Å²) in [6.45, 7) is 1.32. The zero-order valence-corrected chi connectivity index (χ0v) is 11.7. The molecule has 1 aromatic rings. The Morgan fingerprint density at radius 1 is 1.37 bits per heavy atom. The Hall–Kier alpha value is -1.14. The van der Waals surface area contributed by atoms with Gasteiger partial charge < -0.3 is 14.7 Å². The fraction of sp³-hybridized carbons (Fsp3) is 0.462. The van der Waals surface area contributed by atoms with Crippen molar-refractivity contribution in [2.75, 3.05) is 18.0 Å². The van der Waals surface area contributed by atoms with Crippen molar-refractivity contribution in [1.29, 1.82) is 0 Å². The number of carboxylic acid groups (broad SMARTS) is 1. The van der Waals surface area contributed by atoms with E-state index in [0.29, 0.717) is 18.8 Å². The summed E-state index contributed by atoms with van der Waals surface area (Å²) in [5, 5.41) is 8.96. The zero-order valence-electron chi connectivity index (χ0n) is 10.1. The van der Waals surface area contributed by atoms with Crippen LogP contribution in [0.25, 0.3) is 0 Å². The first-order chi connectivity index (χ1) is 9.06. The van der Waals surface area contributed by atoms with Crippen LogP contribution < -0.4 is 4.90 Å². The molecular formula is C13H13BrFNO3. The van der Waals surface area contributed by atoms with E-state index in [9.17, 15) is 9.18 Å². The van der Waals surface area contributed by atoms with Crippen LogP contribution in [0.3, 0.4) is 0 Å². The predicted octanol–water partition coefficient (Wildman–Crippen LogP) is 2.65. The van der Waals surface area contributed by atoms with E-state index < -0.39 is 11.8 Å². The zero-order chi connectivity index (χ0) is 13.6. The lowest BCUT2D eigenvalue weighted by molar-refractivity contribution is 0.0302. The maximum Gasteiger partial charge on any atom is 0.336 e. The van der Waals surface area contributed by atoms with Gasteiger partial charge in [-0.1, -0.05) is 0 Å². The molecule has 1 aromatic carbocycles. The number of carbonyl (C=O) groups is 1. The van der Waals surface area contributed by atoms with Gasteiger partial charge in [0.25, 0.3) is 0 Å². The minimum atomic E-state index is -1.14. The Morgan fingerprint density at radius 2 is 2.00 bits per heavy atom. The molecule has 0 aromatic heterocycles. The summed E-state index contributed by atoms with van der Waals surface area (Å²) in [6.07, 6.45) is 2.35. The summed E-state index contributed by atoms with van der Waals surface area (Å²) in [5.74, 6) is -1.65. The van der Waals surface area contributed by atoms with Crippen molar-refractivity contribution in [3.8, 4) is 0 Å². The number of fused-ring (bicyclic) bond motifs is 2. The fourth-order valence-corrected chi connectivity index (χ4v) is 3.27. The molecule has 19 heavy (non-hydrogen) atoms. The largest absolute Gasteiger partial charge is 0.478 e. The highest BCUT2D eigenvalue weighted by atomic mass is 79.9. The normalized spacial score (nSPS) is 25.7. The van der Waals surface area contributed by atoms with Crippen LogP contribution in [0.2, 0.25) is 0 Å². The van der Waals surface area contributed by atoms with Gasteiger partial charge in [-0.3, -0.25) is 0 Å². The van der Waals surface area contributed by atoms with Crippen molar-refractivity contribution in [1.82, 2.24) is 0 Å². The Morgan fingerprint density at radius 3 is 2.58 bits per heavy atom. The Bertz CT molecular complexity index is 525. The summed E-state index contributed by atoms with van der Waals surface area (Å²) in [6, 6.07) is 2.97. The standard InChI is InChI=1S/C13H13BrFNO3/c14-11-9(13(17)18)3-4-10(12(11)15)16-5-7-1-2-8(6-16)19-7/h3-4,7-8H,1-2,5-6H2,(H,17,18). The number of carboxylic acids is 1. The molecule has 6 heteroatoms. The van der Waals surface area contributed by atoms with Crippen molar-refractivity contribution in [3.05, 3.63) is 28.0 Å². The molecule has 2 aliphatic heterocycles.